The minimum absolute atomic E-state index is 0.0648. The molecule has 3 atom stereocenters. The van der Waals surface area contributed by atoms with Crippen LogP contribution in [0.3, 0.4) is 0 Å². The maximum absolute atomic E-state index is 12.7. The van der Waals surface area contributed by atoms with E-state index in [1.165, 1.54) is 11.8 Å². The lowest BCUT2D eigenvalue weighted by atomic mass is 9.84. The molecule has 4 fully saturated rings. The molecule has 4 nitrogen and oxygen atoms in total. The summed E-state index contributed by atoms with van der Waals surface area (Å²) in [5.74, 6) is 0.509. The van der Waals surface area contributed by atoms with Gasteiger partial charge < -0.3 is 15.5 Å². The van der Waals surface area contributed by atoms with Gasteiger partial charge in [0.25, 0.3) is 5.91 Å². The van der Waals surface area contributed by atoms with Crippen LogP contribution in [-0.2, 0) is 0 Å². The largest absolute Gasteiger partial charge is 0.403 e. The molecule has 2 bridgehead atoms. The molecule has 0 aliphatic carbocycles. The molecule has 148 valence electrons. The van der Waals surface area contributed by atoms with Gasteiger partial charge >= 0.3 is 6.18 Å². The molecule has 8 heteroatoms. The van der Waals surface area contributed by atoms with Gasteiger partial charge in [-0.05, 0) is 62.5 Å². The lowest BCUT2D eigenvalue weighted by Gasteiger charge is -2.44. The molecule has 4 aliphatic heterocycles. The van der Waals surface area contributed by atoms with Gasteiger partial charge in [0.15, 0.2) is 0 Å². The fraction of sp³-hybridized carbons (Fsp3) is 0.632. The predicted molar refractivity (Wildman–Crippen MR) is 99.0 cm³/mol. The fourth-order valence-corrected chi connectivity index (χ4v) is 5.45. The number of carbonyl (C=O) groups excluding carboxylic acids is 1. The van der Waals surface area contributed by atoms with Crippen LogP contribution in [0.2, 0.25) is 0 Å². The number of fused-ring (bicyclic) bond motifs is 3. The number of carbonyl (C=O) groups is 1. The molecule has 0 radical (unpaired) electrons. The van der Waals surface area contributed by atoms with E-state index in [0.29, 0.717) is 18.0 Å². The van der Waals surface area contributed by atoms with E-state index in [1.54, 1.807) is 12.1 Å². The van der Waals surface area contributed by atoms with Crippen LogP contribution in [0, 0.1) is 5.92 Å². The van der Waals surface area contributed by atoms with Crippen molar-refractivity contribution >= 4 is 17.7 Å². The van der Waals surface area contributed by atoms with E-state index in [9.17, 15) is 18.0 Å². The molecule has 1 aromatic carbocycles. The second-order valence-electron chi connectivity index (χ2n) is 7.72. The highest BCUT2D eigenvalue weighted by Gasteiger charge is 2.44. The SMILES string of the molecule is O=C(N[C@H]1CN2CCC1CC2)c1ccc(SC2CNC(C(F)(F)F)C2)cc1. The Balaban J connectivity index is 1.30. The molecule has 4 heterocycles. The standard InChI is InChI=1S/C19H24F3N3OS/c20-19(21,22)17-9-15(10-23-17)27-14-3-1-13(2-4-14)18(26)24-16-11-25-7-5-12(16)6-8-25/h1-4,12,15-17,23H,5-11H2,(H,24,26)/t15?,16-,17?/m0/s1. The molecule has 4 aliphatic rings. The van der Waals surface area contributed by atoms with Gasteiger partial charge in [-0.15, -0.1) is 11.8 Å². The molecule has 0 spiro atoms. The van der Waals surface area contributed by atoms with Crippen LogP contribution in [0.5, 0.6) is 0 Å². The maximum Gasteiger partial charge on any atom is 0.403 e. The van der Waals surface area contributed by atoms with E-state index in [2.05, 4.69) is 15.5 Å². The van der Waals surface area contributed by atoms with E-state index in [-0.39, 0.29) is 23.6 Å². The number of alkyl halides is 3. The Bertz CT molecular complexity index is 674. The lowest BCUT2D eigenvalue weighted by Crippen LogP contribution is -2.57. The molecule has 5 rings (SSSR count). The van der Waals surface area contributed by atoms with Gasteiger partial charge in [0, 0.05) is 34.8 Å². The van der Waals surface area contributed by atoms with Gasteiger partial charge in [-0.2, -0.15) is 13.2 Å². The van der Waals surface area contributed by atoms with Crippen LogP contribution in [0.1, 0.15) is 29.6 Å². The Morgan fingerprint density at radius 2 is 1.89 bits per heavy atom. The van der Waals surface area contributed by atoms with Crippen molar-refractivity contribution in [3.05, 3.63) is 29.8 Å². The summed E-state index contributed by atoms with van der Waals surface area (Å²) < 4.78 is 38.2. The Hall–Kier alpha value is -1.25. The summed E-state index contributed by atoms with van der Waals surface area (Å²) in [6, 6.07) is 6.00. The van der Waals surface area contributed by atoms with Gasteiger partial charge in [0.2, 0.25) is 0 Å². The number of thioether (sulfide) groups is 1. The van der Waals surface area contributed by atoms with Gasteiger partial charge in [-0.25, -0.2) is 0 Å². The molecule has 1 aromatic rings. The van der Waals surface area contributed by atoms with E-state index in [0.717, 1.165) is 37.4 Å². The van der Waals surface area contributed by atoms with Crippen LogP contribution < -0.4 is 10.6 Å². The highest BCUT2D eigenvalue weighted by Crippen LogP contribution is 2.34. The van der Waals surface area contributed by atoms with E-state index < -0.39 is 12.2 Å². The summed E-state index contributed by atoms with van der Waals surface area (Å²) in [4.78, 5) is 15.8. The van der Waals surface area contributed by atoms with Crippen molar-refractivity contribution in [3.8, 4) is 0 Å². The summed E-state index contributed by atoms with van der Waals surface area (Å²) >= 11 is 1.44. The zero-order valence-corrected chi connectivity index (χ0v) is 15.8. The van der Waals surface area contributed by atoms with Gasteiger partial charge in [-0.3, -0.25) is 4.79 Å². The Kier molecular flexibility index (Phi) is 5.40. The number of rotatable bonds is 4. The molecule has 0 saturated carbocycles. The van der Waals surface area contributed by atoms with Crippen molar-refractivity contribution in [1.82, 2.24) is 15.5 Å². The second-order valence-corrected chi connectivity index (χ2v) is 9.09. The van der Waals surface area contributed by atoms with E-state index in [1.807, 2.05) is 12.1 Å². The van der Waals surface area contributed by atoms with Crippen molar-refractivity contribution in [2.75, 3.05) is 26.2 Å². The Morgan fingerprint density at radius 3 is 2.44 bits per heavy atom. The number of hydrogen-bond acceptors (Lipinski definition) is 4. The topological polar surface area (TPSA) is 44.4 Å². The van der Waals surface area contributed by atoms with Gasteiger partial charge in [-0.1, -0.05) is 0 Å². The minimum Gasteiger partial charge on any atom is -0.348 e. The van der Waals surface area contributed by atoms with E-state index >= 15 is 0 Å². The van der Waals surface area contributed by atoms with Crippen molar-refractivity contribution in [3.63, 3.8) is 0 Å². The zero-order chi connectivity index (χ0) is 19.0. The van der Waals surface area contributed by atoms with Crippen molar-refractivity contribution < 1.29 is 18.0 Å². The predicted octanol–water partition coefficient (Wildman–Crippen LogP) is 2.90. The summed E-state index contributed by atoms with van der Waals surface area (Å²) in [7, 11) is 0. The van der Waals surface area contributed by atoms with Crippen LogP contribution in [0.15, 0.2) is 29.2 Å². The van der Waals surface area contributed by atoms with E-state index in [4.69, 9.17) is 0 Å². The molecular weight excluding hydrogens is 375 g/mol. The molecule has 1 amide bonds. The first-order valence-electron chi connectivity index (χ1n) is 9.48. The summed E-state index contributed by atoms with van der Waals surface area (Å²) in [5.41, 5.74) is 0.605. The fourth-order valence-electron chi connectivity index (χ4n) is 4.30. The Labute approximate surface area is 161 Å². The number of benzene rings is 1. The van der Waals surface area contributed by atoms with Crippen molar-refractivity contribution in [2.45, 2.75) is 47.7 Å². The molecule has 4 saturated heterocycles. The smallest absolute Gasteiger partial charge is 0.348 e. The number of nitrogens with one attached hydrogen (secondary N) is 2. The highest BCUT2D eigenvalue weighted by molar-refractivity contribution is 8.00. The molecular formula is C19H24F3N3OS. The monoisotopic (exact) mass is 399 g/mol. The van der Waals surface area contributed by atoms with Crippen LogP contribution in [-0.4, -0.2) is 60.5 Å². The van der Waals surface area contributed by atoms with Crippen LogP contribution >= 0.6 is 11.8 Å². The Morgan fingerprint density at radius 1 is 1.19 bits per heavy atom. The number of halogens is 3. The maximum atomic E-state index is 12.7. The first-order valence-corrected chi connectivity index (χ1v) is 10.4. The number of nitrogens with zero attached hydrogens (tertiary/aromatic N) is 1. The first kappa shape index (κ1) is 19.1. The quantitative estimate of drug-likeness (QED) is 0.817. The van der Waals surface area contributed by atoms with Crippen LogP contribution in [0.4, 0.5) is 13.2 Å². The molecule has 27 heavy (non-hydrogen) atoms. The third-order valence-corrected chi connectivity index (χ3v) is 7.11. The first-order chi connectivity index (χ1) is 12.9. The van der Waals surface area contributed by atoms with Gasteiger partial charge in [0.1, 0.15) is 6.04 Å². The normalized spacial score (nSPS) is 33.2. The molecule has 0 aromatic heterocycles. The number of hydrogen-bond donors (Lipinski definition) is 2. The average Bonchev–Trinajstić information content (AvgIpc) is 3.12. The van der Waals surface area contributed by atoms with Crippen LogP contribution in [0.25, 0.3) is 0 Å². The molecule has 2 unspecified atom stereocenters. The summed E-state index contributed by atoms with van der Waals surface area (Å²) in [6.07, 6.45) is -1.81. The average molecular weight is 399 g/mol. The van der Waals surface area contributed by atoms with Crippen molar-refractivity contribution in [1.29, 1.82) is 0 Å². The summed E-state index contributed by atoms with van der Waals surface area (Å²) in [6.45, 7) is 3.54. The van der Waals surface area contributed by atoms with Gasteiger partial charge in [0.05, 0.1) is 0 Å². The number of piperidine rings is 3. The van der Waals surface area contributed by atoms with Crippen molar-refractivity contribution in [2.24, 2.45) is 5.92 Å². The highest BCUT2D eigenvalue weighted by atomic mass is 32.2. The third-order valence-electron chi connectivity index (χ3n) is 5.88. The second kappa shape index (κ2) is 7.64. The summed E-state index contributed by atoms with van der Waals surface area (Å²) in [5, 5.41) is 5.59. The lowest BCUT2D eigenvalue weighted by molar-refractivity contribution is -0.151. The zero-order valence-electron chi connectivity index (χ0n) is 15.0. The number of amides is 1. The minimum atomic E-state index is -4.19. The third kappa shape index (κ3) is 4.43. The molecule has 2 N–H and O–H groups in total.